The highest BCUT2D eigenvalue weighted by molar-refractivity contribution is 5.99. The number of aromatic nitrogens is 3. The summed E-state index contributed by atoms with van der Waals surface area (Å²) in [6.45, 7) is 9.70. The van der Waals surface area contributed by atoms with Crippen LogP contribution in [0.3, 0.4) is 0 Å². The van der Waals surface area contributed by atoms with Gasteiger partial charge in [0.2, 0.25) is 0 Å². The number of aryl methyl sites for hydroxylation is 1. The van der Waals surface area contributed by atoms with E-state index in [-0.39, 0.29) is 11.5 Å². The van der Waals surface area contributed by atoms with E-state index in [2.05, 4.69) is 45.9 Å². The molecule has 0 fully saturated rings. The minimum atomic E-state index is -0.179. The molecule has 0 unspecified atom stereocenters. The largest absolute Gasteiger partial charge is 0.352 e. The lowest BCUT2D eigenvalue weighted by atomic mass is 10.0. The lowest BCUT2D eigenvalue weighted by Gasteiger charge is -2.30. The summed E-state index contributed by atoms with van der Waals surface area (Å²) >= 11 is 0. The molecule has 2 aromatic heterocycles. The highest BCUT2D eigenvalue weighted by atomic mass is 16.2. The summed E-state index contributed by atoms with van der Waals surface area (Å²) in [5, 5.41) is 7.24. The second kappa shape index (κ2) is 8.44. The first-order valence-electron chi connectivity index (χ1n) is 10.7. The lowest BCUT2D eigenvalue weighted by Crippen LogP contribution is -2.38. The van der Waals surface area contributed by atoms with Crippen LogP contribution in [0.25, 0.3) is 5.65 Å². The van der Waals surface area contributed by atoms with Gasteiger partial charge in [-0.3, -0.25) is 14.5 Å². The number of hydrogen-bond acceptors (Lipinski definition) is 4. The fraction of sp³-hybridized carbons (Fsp3) is 0.435. The molecule has 0 saturated heterocycles. The molecule has 1 aromatic carbocycles. The van der Waals surface area contributed by atoms with Crippen molar-refractivity contribution in [2.45, 2.75) is 46.8 Å². The maximum absolute atomic E-state index is 13.3. The number of carbonyl (C=O) groups excluding carboxylic acids is 1. The molecule has 1 amide bonds. The molecule has 0 atom stereocenters. The molecule has 4 rings (SSSR count). The zero-order valence-electron chi connectivity index (χ0n) is 17.9. The van der Waals surface area contributed by atoms with E-state index in [1.54, 1.807) is 0 Å². The number of fused-ring (bicyclic) bond motifs is 2. The van der Waals surface area contributed by atoms with Crippen molar-refractivity contribution >= 4 is 11.6 Å². The van der Waals surface area contributed by atoms with E-state index < -0.39 is 0 Å². The van der Waals surface area contributed by atoms with Gasteiger partial charge in [-0.1, -0.05) is 44.2 Å². The summed E-state index contributed by atoms with van der Waals surface area (Å²) in [6.07, 6.45) is 2.30. The highest BCUT2D eigenvalue weighted by Gasteiger charge is 2.27. The van der Waals surface area contributed by atoms with Gasteiger partial charge in [0.1, 0.15) is 5.56 Å². The first kappa shape index (κ1) is 20.3. The van der Waals surface area contributed by atoms with Crippen molar-refractivity contribution in [3.8, 4) is 0 Å². The van der Waals surface area contributed by atoms with Gasteiger partial charge in [0.15, 0.2) is 5.65 Å². The first-order chi connectivity index (χ1) is 14.5. The molecule has 158 valence electrons. The molecular formula is C23H29N5O2. The van der Waals surface area contributed by atoms with Gasteiger partial charge in [0, 0.05) is 44.8 Å². The smallest absolute Gasteiger partial charge is 0.279 e. The van der Waals surface area contributed by atoms with Gasteiger partial charge in [0.05, 0.1) is 11.8 Å². The second-order valence-electron chi connectivity index (χ2n) is 8.32. The first-order valence-corrected chi connectivity index (χ1v) is 10.7. The van der Waals surface area contributed by atoms with Gasteiger partial charge in [0.25, 0.3) is 11.5 Å². The van der Waals surface area contributed by atoms with E-state index in [4.69, 9.17) is 0 Å². The highest BCUT2D eigenvalue weighted by Crippen LogP contribution is 2.22. The predicted octanol–water partition coefficient (Wildman–Crippen LogP) is 2.46. The summed E-state index contributed by atoms with van der Waals surface area (Å²) in [4.78, 5) is 28.3. The SMILES string of the molecule is CCn1c2c(c(=O)n3ncc(C(=O)NCC(C)C)c13)CN(Cc1ccccc1)CC2. The maximum Gasteiger partial charge on any atom is 0.279 e. The quantitative estimate of drug-likeness (QED) is 0.681. The van der Waals surface area contributed by atoms with Crippen LogP contribution < -0.4 is 10.9 Å². The van der Waals surface area contributed by atoms with Crippen LogP contribution in [0.5, 0.6) is 0 Å². The molecule has 0 saturated carbocycles. The van der Waals surface area contributed by atoms with E-state index in [9.17, 15) is 9.59 Å². The van der Waals surface area contributed by atoms with E-state index in [0.29, 0.717) is 36.8 Å². The normalized spacial score (nSPS) is 14.3. The molecule has 1 N–H and O–H groups in total. The van der Waals surface area contributed by atoms with Crippen molar-refractivity contribution in [3.05, 3.63) is 69.3 Å². The standard InChI is InChI=1S/C23H29N5O2/c1-4-27-20-10-11-26(14-17-8-6-5-7-9-17)15-19(20)23(30)28-22(27)18(13-25-28)21(29)24-12-16(2)3/h5-9,13,16H,4,10-12,14-15H2,1-3H3,(H,24,29). The maximum atomic E-state index is 13.3. The zero-order valence-corrected chi connectivity index (χ0v) is 17.9. The van der Waals surface area contributed by atoms with E-state index in [1.807, 2.05) is 25.1 Å². The van der Waals surface area contributed by atoms with Crippen molar-refractivity contribution in [3.63, 3.8) is 0 Å². The number of carbonyl (C=O) groups is 1. The van der Waals surface area contributed by atoms with Gasteiger partial charge in [-0.05, 0) is 18.4 Å². The Balaban J connectivity index is 1.71. The Kier molecular flexibility index (Phi) is 5.72. The van der Waals surface area contributed by atoms with Gasteiger partial charge in [-0.2, -0.15) is 9.61 Å². The zero-order chi connectivity index (χ0) is 21.3. The third-order valence-corrected chi connectivity index (χ3v) is 5.65. The van der Waals surface area contributed by atoms with Gasteiger partial charge in [-0.25, -0.2) is 0 Å². The third kappa shape index (κ3) is 3.77. The fourth-order valence-corrected chi connectivity index (χ4v) is 4.17. The van der Waals surface area contributed by atoms with Crippen LogP contribution in [0.2, 0.25) is 0 Å². The summed E-state index contributed by atoms with van der Waals surface area (Å²) < 4.78 is 3.49. The summed E-state index contributed by atoms with van der Waals surface area (Å²) in [7, 11) is 0. The number of benzene rings is 1. The molecule has 0 spiro atoms. The number of rotatable bonds is 6. The molecule has 3 heterocycles. The number of hydrogen-bond donors (Lipinski definition) is 1. The van der Waals surface area contributed by atoms with Gasteiger partial charge in [-0.15, -0.1) is 0 Å². The van der Waals surface area contributed by atoms with Crippen molar-refractivity contribution in [1.29, 1.82) is 0 Å². The Morgan fingerprint density at radius 2 is 2.00 bits per heavy atom. The Morgan fingerprint density at radius 3 is 2.70 bits per heavy atom. The van der Waals surface area contributed by atoms with Gasteiger partial charge >= 0.3 is 0 Å². The minimum Gasteiger partial charge on any atom is -0.352 e. The molecule has 0 aliphatic carbocycles. The van der Waals surface area contributed by atoms with Crippen molar-refractivity contribution in [2.24, 2.45) is 5.92 Å². The molecule has 1 aliphatic rings. The number of nitrogens with zero attached hydrogens (tertiary/aromatic N) is 4. The van der Waals surface area contributed by atoms with Crippen LogP contribution in [-0.2, 0) is 26.1 Å². The molecule has 1 aliphatic heterocycles. The second-order valence-corrected chi connectivity index (χ2v) is 8.32. The molecule has 3 aromatic rings. The molecule has 7 nitrogen and oxygen atoms in total. The van der Waals surface area contributed by atoms with E-state index >= 15 is 0 Å². The monoisotopic (exact) mass is 407 g/mol. The summed E-state index contributed by atoms with van der Waals surface area (Å²) in [5.41, 5.74) is 3.98. The van der Waals surface area contributed by atoms with Crippen molar-refractivity contribution in [2.75, 3.05) is 13.1 Å². The van der Waals surface area contributed by atoms with E-state index in [0.717, 1.165) is 30.8 Å². The molecule has 30 heavy (non-hydrogen) atoms. The summed E-state index contributed by atoms with van der Waals surface area (Å²) in [6, 6.07) is 10.3. The topological polar surface area (TPSA) is 71.6 Å². The molecule has 0 radical (unpaired) electrons. The Morgan fingerprint density at radius 1 is 1.23 bits per heavy atom. The predicted molar refractivity (Wildman–Crippen MR) is 117 cm³/mol. The van der Waals surface area contributed by atoms with Crippen LogP contribution in [-0.4, -0.2) is 38.1 Å². The Labute approximate surface area is 176 Å². The minimum absolute atomic E-state index is 0.120. The lowest BCUT2D eigenvalue weighted by molar-refractivity contribution is 0.0950. The Hall–Kier alpha value is -2.93. The molecule has 0 bridgehead atoms. The van der Waals surface area contributed by atoms with Crippen LogP contribution in [0.4, 0.5) is 0 Å². The summed E-state index contributed by atoms with van der Waals surface area (Å²) in [5.74, 6) is 0.175. The average molecular weight is 408 g/mol. The Bertz CT molecular complexity index is 1110. The van der Waals surface area contributed by atoms with Crippen molar-refractivity contribution < 1.29 is 4.79 Å². The van der Waals surface area contributed by atoms with Crippen LogP contribution in [0.15, 0.2) is 41.3 Å². The fourth-order valence-electron chi connectivity index (χ4n) is 4.17. The number of nitrogens with one attached hydrogen (secondary N) is 1. The van der Waals surface area contributed by atoms with Crippen molar-refractivity contribution in [1.82, 2.24) is 24.4 Å². The van der Waals surface area contributed by atoms with Crippen LogP contribution >= 0.6 is 0 Å². The molecule has 7 heteroatoms. The third-order valence-electron chi connectivity index (χ3n) is 5.65. The number of amides is 1. The van der Waals surface area contributed by atoms with E-state index in [1.165, 1.54) is 16.3 Å². The molecular weight excluding hydrogens is 378 g/mol. The van der Waals surface area contributed by atoms with Gasteiger partial charge < -0.3 is 9.88 Å². The van der Waals surface area contributed by atoms with Crippen LogP contribution in [0.1, 0.15) is 48.0 Å². The average Bonchev–Trinajstić information content (AvgIpc) is 3.19. The van der Waals surface area contributed by atoms with Crippen LogP contribution in [0, 0.1) is 5.92 Å².